The van der Waals surface area contributed by atoms with Gasteiger partial charge < -0.3 is 10.6 Å². The Morgan fingerprint density at radius 3 is 2.56 bits per heavy atom. The van der Waals surface area contributed by atoms with Crippen LogP contribution < -0.4 is 10.6 Å². The summed E-state index contributed by atoms with van der Waals surface area (Å²) < 4.78 is 0. The third-order valence-electron chi connectivity index (χ3n) is 4.67. The second-order valence-corrected chi connectivity index (χ2v) is 6.77. The highest BCUT2D eigenvalue weighted by molar-refractivity contribution is 5.91. The molecule has 2 amide bonds. The average Bonchev–Trinajstić information content (AvgIpc) is 3.51. The van der Waals surface area contributed by atoms with Gasteiger partial charge in [-0.3, -0.25) is 14.6 Å². The first-order valence-electron chi connectivity index (χ1n) is 9.42. The van der Waals surface area contributed by atoms with E-state index in [1.165, 1.54) is 11.6 Å². The minimum atomic E-state index is -0.119. The maximum Gasteiger partial charge on any atom is 0.243 e. The Labute approximate surface area is 159 Å². The molecule has 1 fully saturated rings. The zero-order valence-corrected chi connectivity index (χ0v) is 15.3. The van der Waals surface area contributed by atoms with Crippen LogP contribution in [-0.2, 0) is 9.59 Å². The molecule has 1 aromatic carbocycles. The highest BCUT2D eigenvalue weighted by Gasteiger charge is 2.43. The van der Waals surface area contributed by atoms with Crippen molar-refractivity contribution in [3.8, 4) is 0 Å². The number of aromatic nitrogens is 1. The number of unbranched alkanes of at least 4 members (excludes halogenated alkanes) is 1. The van der Waals surface area contributed by atoms with E-state index in [0.29, 0.717) is 19.0 Å². The maximum absolute atomic E-state index is 12.2. The van der Waals surface area contributed by atoms with Gasteiger partial charge in [-0.1, -0.05) is 36.4 Å². The molecule has 0 saturated heterocycles. The summed E-state index contributed by atoms with van der Waals surface area (Å²) in [4.78, 5) is 27.9. The molecule has 0 aliphatic heterocycles. The zero-order valence-electron chi connectivity index (χ0n) is 15.3. The van der Waals surface area contributed by atoms with Crippen LogP contribution in [0.1, 0.15) is 36.3 Å². The molecule has 1 aliphatic carbocycles. The van der Waals surface area contributed by atoms with E-state index in [-0.39, 0.29) is 17.7 Å². The van der Waals surface area contributed by atoms with Gasteiger partial charge in [0.25, 0.3) is 0 Å². The molecule has 1 aliphatic rings. The fourth-order valence-electron chi connectivity index (χ4n) is 3.06. The number of pyridine rings is 1. The Kier molecular flexibility index (Phi) is 6.74. The molecule has 2 atom stereocenters. The third kappa shape index (κ3) is 6.06. The van der Waals surface area contributed by atoms with Gasteiger partial charge in [0.15, 0.2) is 0 Å². The summed E-state index contributed by atoms with van der Waals surface area (Å²) >= 11 is 0. The van der Waals surface area contributed by atoms with E-state index in [2.05, 4.69) is 27.8 Å². The van der Waals surface area contributed by atoms with Gasteiger partial charge in [-0.2, -0.15) is 0 Å². The number of rotatable bonds is 9. The minimum absolute atomic E-state index is 0.115. The van der Waals surface area contributed by atoms with E-state index < -0.39 is 0 Å². The van der Waals surface area contributed by atoms with Crippen LogP contribution in [0.5, 0.6) is 0 Å². The SMILES string of the molecule is O=C(C=Cc1cccnc1)NCCCCNC(=O)[C@@H]1C[C@H]1c1ccccc1. The summed E-state index contributed by atoms with van der Waals surface area (Å²) in [6, 6.07) is 13.9. The lowest BCUT2D eigenvalue weighted by Crippen LogP contribution is -2.28. The molecular weight excluding hydrogens is 338 g/mol. The van der Waals surface area contributed by atoms with Crippen LogP contribution in [0.3, 0.4) is 0 Å². The summed E-state index contributed by atoms with van der Waals surface area (Å²) in [6.45, 7) is 1.25. The van der Waals surface area contributed by atoms with E-state index in [1.54, 1.807) is 18.5 Å². The van der Waals surface area contributed by atoms with Crippen molar-refractivity contribution < 1.29 is 9.59 Å². The highest BCUT2D eigenvalue weighted by atomic mass is 16.2. The van der Waals surface area contributed by atoms with Crippen molar-refractivity contribution in [1.29, 1.82) is 0 Å². The van der Waals surface area contributed by atoms with E-state index in [9.17, 15) is 9.59 Å². The van der Waals surface area contributed by atoms with Crippen LogP contribution in [-0.4, -0.2) is 29.9 Å². The van der Waals surface area contributed by atoms with Crippen molar-refractivity contribution in [3.05, 3.63) is 72.1 Å². The Balaban J connectivity index is 1.24. The average molecular weight is 363 g/mol. The largest absolute Gasteiger partial charge is 0.356 e. The minimum Gasteiger partial charge on any atom is -0.356 e. The topological polar surface area (TPSA) is 71.1 Å². The second kappa shape index (κ2) is 9.67. The lowest BCUT2D eigenvalue weighted by Gasteiger charge is -2.06. The zero-order chi connectivity index (χ0) is 18.9. The molecule has 140 valence electrons. The third-order valence-corrected chi connectivity index (χ3v) is 4.67. The second-order valence-electron chi connectivity index (χ2n) is 6.77. The van der Waals surface area contributed by atoms with Crippen molar-refractivity contribution in [3.63, 3.8) is 0 Å². The Morgan fingerprint density at radius 1 is 1.04 bits per heavy atom. The first-order valence-corrected chi connectivity index (χ1v) is 9.42. The number of carbonyl (C=O) groups is 2. The number of nitrogens with one attached hydrogen (secondary N) is 2. The van der Waals surface area contributed by atoms with Gasteiger partial charge in [-0.25, -0.2) is 0 Å². The first-order chi connectivity index (χ1) is 13.2. The predicted octanol–water partition coefficient (Wildman–Crippen LogP) is 2.91. The van der Waals surface area contributed by atoms with Gasteiger partial charge in [0.1, 0.15) is 0 Å². The Bertz CT molecular complexity index is 775. The molecule has 1 heterocycles. The Morgan fingerprint density at radius 2 is 1.81 bits per heavy atom. The number of hydrogen-bond donors (Lipinski definition) is 2. The number of hydrogen-bond acceptors (Lipinski definition) is 3. The number of benzene rings is 1. The van der Waals surface area contributed by atoms with Crippen molar-refractivity contribution in [2.24, 2.45) is 5.92 Å². The van der Waals surface area contributed by atoms with Crippen molar-refractivity contribution in [2.75, 3.05) is 13.1 Å². The molecule has 0 unspecified atom stereocenters. The van der Waals surface area contributed by atoms with Crippen LogP contribution in [0.25, 0.3) is 6.08 Å². The summed E-state index contributed by atoms with van der Waals surface area (Å²) in [7, 11) is 0. The van der Waals surface area contributed by atoms with Gasteiger partial charge >= 0.3 is 0 Å². The summed E-state index contributed by atoms with van der Waals surface area (Å²) in [5.74, 6) is 0.515. The normalized spacial score (nSPS) is 18.2. The molecule has 5 heteroatoms. The highest BCUT2D eigenvalue weighted by Crippen LogP contribution is 2.47. The maximum atomic E-state index is 12.2. The monoisotopic (exact) mass is 363 g/mol. The van der Waals surface area contributed by atoms with Crippen LogP contribution in [0.2, 0.25) is 0 Å². The van der Waals surface area contributed by atoms with Gasteiger partial charge in [0, 0.05) is 37.5 Å². The Hall–Kier alpha value is -2.95. The smallest absolute Gasteiger partial charge is 0.243 e. The van der Waals surface area contributed by atoms with E-state index in [1.807, 2.05) is 30.3 Å². The lowest BCUT2D eigenvalue weighted by molar-refractivity contribution is -0.122. The molecule has 3 rings (SSSR count). The van der Waals surface area contributed by atoms with E-state index in [4.69, 9.17) is 0 Å². The molecule has 2 aromatic rings. The lowest BCUT2D eigenvalue weighted by atomic mass is 10.1. The molecule has 0 bridgehead atoms. The number of nitrogens with zero attached hydrogens (tertiary/aromatic N) is 1. The van der Waals surface area contributed by atoms with E-state index in [0.717, 1.165) is 24.8 Å². The number of carbonyl (C=O) groups excluding carboxylic acids is 2. The molecule has 27 heavy (non-hydrogen) atoms. The molecule has 0 spiro atoms. The summed E-state index contributed by atoms with van der Waals surface area (Å²) in [5.41, 5.74) is 2.14. The van der Waals surface area contributed by atoms with Gasteiger partial charge in [0.2, 0.25) is 11.8 Å². The van der Waals surface area contributed by atoms with Crippen LogP contribution in [0.4, 0.5) is 0 Å². The summed E-state index contributed by atoms with van der Waals surface area (Å²) in [6.07, 6.45) is 9.27. The quantitative estimate of drug-likeness (QED) is 0.532. The van der Waals surface area contributed by atoms with Crippen molar-refractivity contribution in [2.45, 2.75) is 25.2 Å². The molecular formula is C22H25N3O2. The van der Waals surface area contributed by atoms with E-state index >= 15 is 0 Å². The molecule has 1 aromatic heterocycles. The van der Waals surface area contributed by atoms with Crippen molar-refractivity contribution in [1.82, 2.24) is 15.6 Å². The van der Waals surface area contributed by atoms with Gasteiger partial charge in [-0.05, 0) is 48.4 Å². The van der Waals surface area contributed by atoms with Crippen molar-refractivity contribution >= 4 is 17.9 Å². The molecule has 0 radical (unpaired) electrons. The standard InChI is InChI=1S/C22H25N3O2/c26-21(11-10-17-7-6-12-23-16-17)24-13-4-5-14-25-22(27)20-15-19(20)18-8-2-1-3-9-18/h1-3,6-12,16,19-20H,4-5,13-15H2,(H,24,26)(H,25,27)/t19-,20+/m0/s1. The number of amides is 2. The fraction of sp³-hybridized carbons (Fsp3) is 0.318. The fourth-order valence-corrected chi connectivity index (χ4v) is 3.06. The van der Waals surface area contributed by atoms with Crippen LogP contribution in [0.15, 0.2) is 60.9 Å². The first kappa shape index (κ1) is 18.8. The summed E-state index contributed by atoms with van der Waals surface area (Å²) in [5, 5.41) is 5.85. The van der Waals surface area contributed by atoms with Gasteiger partial charge in [-0.15, -0.1) is 0 Å². The molecule has 5 nitrogen and oxygen atoms in total. The van der Waals surface area contributed by atoms with Gasteiger partial charge in [0.05, 0.1) is 0 Å². The van der Waals surface area contributed by atoms with Crippen LogP contribution in [0, 0.1) is 5.92 Å². The molecule has 1 saturated carbocycles. The van der Waals surface area contributed by atoms with Crippen LogP contribution >= 0.6 is 0 Å². The predicted molar refractivity (Wildman–Crippen MR) is 106 cm³/mol. The molecule has 2 N–H and O–H groups in total.